The van der Waals surface area contributed by atoms with Crippen molar-refractivity contribution in [2.24, 2.45) is 5.73 Å². The number of nitrogens with two attached hydrogens (primary N) is 1. The molecule has 0 saturated heterocycles. The van der Waals surface area contributed by atoms with Crippen molar-refractivity contribution in [3.8, 4) is 17.1 Å². The van der Waals surface area contributed by atoms with Crippen LogP contribution in [0.1, 0.15) is 5.69 Å². The van der Waals surface area contributed by atoms with E-state index in [1.165, 1.54) is 0 Å². The van der Waals surface area contributed by atoms with Crippen molar-refractivity contribution in [3.05, 3.63) is 52.3 Å². The van der Waals surface area contributed by atoms with E-state index in [0.717, 1.165) is 5.69 Å². The van der Waals surface area contributed by atoms with Gasteiger partial charge in [-0.15, -0.1) is 5.10 Å². The predicted octanol–water partition coefficient (Wildman–Crippen LogP) is 3.29. The molecule has 20 heavy (non-hydrogen) atoms. The molecule has 0 radical (unpaired) electrons. The molecule has 2 N–H and O–H groups in total. The number of halogens is 2. The molecule has 0 atom stereocenters. The van der Waals surface area contributed by atoms with Gasteiger partial charge in [0.15, 0.2) is 5.76 Å². The van der Waals surface area contributed by atoms with Gasteiger partial charge in [0.1, 0.15) is 11.4 Å². The minimum absolute atomic E-state index is 0.261. The first-order valence-corrected chi connectivity index (χ1v) is 6.60. The lowest BCUT2D eigenvalue weighted by molar-refractivity contribution is 0.576. The van der Waals surface area contributed by atoms with E-state index >= 15 is 0 Å². The molecule has 2 aromatic heterocycles. The Morgan fingerprint density at radius 1 is 1.20 bits per heavy atom. The maximum absolute atomic E-state index is 6.04. The Labute approximate surface area is 124 Å². The lowest BCUT2D eigenvalue weighted by Crippen LogP contribution is -2.02. The second-order valence-corrected chi connectivity index (χ2v) is 4.89. The van der Waals surface area contributed by atoms with Crippen molar-refractivity contribution < 1.29 is 4.42 Å². The number of hydrogen-bond acceptors (Lipinski definition) is 4. The van der Waals surface area contributed by atoms with Gasteiger partial charge < -0.3 is 10.2 Å². The normalized spacial score (nSPS) is 10.9. The summed E-state index contributed by atoms with van der Waals surface area (Å²) < 4.78 is 7.05. The minimum Gasteiger partial charge on any atom is -0.463 e. The quantitative estimate of drug-likeness (QED) is 0.806. The summed E-state index contributed by atoms with van der Waals surface area (Å²) in [6.07, 6.45) is 1.59. The zero-order chi connectivity index (χ0) is 14.1. The Kier molecular flexibility index (Phi) is 3.48. The van der Waals surface area contributed by atoms with E-state index in [1.807, 2.05) is 6.07 Å². The zero-order valence-electron chi connectivity index (χ0n) is 10.3. The molecule has 1 aromatic carbocycles. The van der Waals surface area contributed by atoms with Crippen LogP contribution in [0.25, 0.3) is 17.1 Å². The van der Waals surface area contributed by atoms with Gasteiger partial charge in [-0.2, -0.15) is 0 Å². The van der Waals surface area contributed by atoms with Crippen LogP contribution in [-0.2, 0) is 6.54 Å². The van der Waals surface area contributed by atoms with E-state index in [9.17, 15) is 0 Å². The van der Waals surface area contributed by atoms with Crippen LogP contribution in [0.3, 0.4) is 0 Å². The molecule has 0 bridgehead atoms. The molecule has 0 amide bonds. The minimum atomic E-state index is 0.261. The van der Waals surface area contributed by atoms with Crippen molar-refractivity contribution >= 4 is 23.2 Å². The van der Waals surface area contributed by atoms with Crippen LogP contribution >= 0.6 is 23.2 Å². The van der Waals surface area contributed by atoms with E-state index in [0.29, 0.717) is 27.2 Å². The average molecular weight is 309 g/mol. The van der Waals surface area contributed by atoms with Crippen LogP contribution in [0.4, 0.5) is 0 Å². The molecule has 0 unspecified atom stereocenters. The maximum atomic E-state index is 6.04. The number of hydrogen-bond donors (Lipinski definition) is 1. The summed E-state index contributed by atoms with van der Waals surface area (Å²) in [6.45, 7) is 0.261. The van der Waals surface area contributed by atoms with Gasteiger partial charge in [-0.05, 0) is 30.3 Å². The van der Waals surface area contributed by atoms with E-state index in [2.05, 4.69) is 10.3 Å². The lowest BCUT2D eigenvalue weighted by atomic mass is 10.2. The molecule has 0 saturated carbocycles. The number of furan rings is 1. The topological polar surface area (TPSA) is 69.9 Å². The molecule has 7 heteroatoms. The standard InChI is InChI=1S/C13H10Cl2N4O/c14-9-4-3-8(6-10(9)15)19-13(11(7-16)17-18-19)12-2-1-5-20-12/h1-6H,7,16H2. The van der Waals surface area contributed by atoms with Crippen LogP contribution in [0.2, 0.25) is 10.0 Å². The summed E-state index contributed by atoms with van der Waals surface area (Å²) in [6, 6.07) is 8.84. The van der Waals surface area contributed by atoms with Crippen LogP contribution in [-0.4, -0.2) is 15.0 Å². The first-order chi connectivity index (χ1) is 9.70. The first kappa shape index (κ1) is 13.2. The molecule has 0 aliphatic rings. The third kappa shape index (κ3) is 2.20. The second kappa shape index (κ2) is 5.28. The monoisotopic (exact) mass is 308 g/mol. The van der Waals surface area contributed by atoms with Gasteiger partial charge in [0, 0.05) is 6.54 Å². The SMILES string of the molecule is NCc1nnn(-c2ccc(Cl)c(Cl)c2)c1-c1ccco1. The fourth-order valence-electron chi connectivity index (χ4n) is 1.91. The van der Waals surface area contributed by atoms with Crippen LogP contribution in [0.5, 0.6) is 0 Å². The van der Waals surface area contributed by atoms with Gasteiger partial charge in [0.25, 0.3) is 0 Å². The largest absolute Gasteiger partial charge is 0.463 e. The summed E-state index contributed by atoms with van der Waals surface area (Å²) >= 11 is 12.0. The molecule has 102 valence electrons. The van der Waals surface area contributed by atoms with E-state index in [4.69, 9.17) is 33.4 Å². The number of rotatable bonds is 3. The molecule has 5 nitrogen and oxygen atoms in total. The third-order valence-corrected chi connectivity index (χ3v) is 3.57. The van der Waals surface area contributed by atoms with Gasteiger partial charge in [-0.25, -0.2) is 4.68 Å². The molecule has 0 spiro atoms. The van der Waals surface area contributed by atoms with Crippen molar-refractivity contribution in [2.75, 3.05) is 0 Å². The van der Waals surface area contributed by atoms with Crippen molar-refractivity contribution in [1.29, 1.82) is 0 Å². The number of nitrogens with zero attached hydrogens (tertiary/aromatic N) is 3. The highest BCUT2D eigenvalue weighted by Gasteiger charge is 2.17. The summed E-state index contributed by atoms with van der Waals surface area (Å²) in [7, 11) is 0. The Morgan fingerprint density at radius 3 is 2.70 bits per heavy atom. The second-order valence-electron chi connectivity index (χ2n) is 4.08. The highest BCUT2D eigenvalue weighted by molar-refractivity contribution is 6.42. The van der Waals surface area contributed by atoms with Crippen LogP contribution < -0.4 is 5.73 Å². The molecule has 3 aromatic rings. The third-order valence-electron chi connectivity index (χ3n) is 2.84. The average Bonchev–Trinajstić information content (AvgIpc) is 3.09. The summed E-state index contributed by atoms with van der Waals surface area (Å²) in [5.74, 6) is 0.640. The number of benzene rings is 1. The summed E-state index contributed by atoms with van der Waals surface area (Å²) in [5.41, 5.74) is 7.78. The van der Waals surface area contributed by atoms with Crippen molar-refractivity contribution in [3.63, 3.8) is 0 Å². The molecule has 3 rings (SSSR count). The Morgan fingerprint density at radius 2 is 2.05 bits per heavy atom. The summed E-state index contributed by atoms with van der Waals surface area (Å²) in [4.78, 5) is 0. The van der Waals surface area contributed by atoms with E-state index in [1.54, 1.807) is 35.2 Å². The van der Waals surface area contributed by atoms with Gasteiger partial charge >= 0.3 is 0 Å². The van der Waals surface area contributed by atoms with Crippen molar-refractivity contribution in [1.82, 2.24) is 15.0 Å². The predicted molar refractivity (Wildman–Crippen MR) is 77.0 cm³/mol. The molecule has 2 heterocycles. The van der Waals surface area contributed by atoms with Crippen molar-refractivity contribution in [2.45, 2.75) is 6.54 Å². The molecular formula is C13H10Cl2N4O. The van der Waals surface area contributed by atoms with Gasteiger partial charge in [-0.3, -0.25) is 0 Å². The smallest absolute Gasteiger partial charge is 0.154 e. The lowest BCUT2D eigenvalue weighted by Gasteiger charge is -2.06. The Hall–Kier alpha value is -1.82. The zero-order valence-corrected chi connectivity index (χ0v) is 11.8. The Balaban J connectivity index is 2.19. The van der Waals surface area contributed by atoms with Crippen LogP contribution in [0.15, 0.2) is 41.0 Å². The van der Waals surface area contributed by atoms with Gasteiger partial charge in [-0.1, -0.05) is 28.4 Å². The van der Waals surface area contributed by atoms with E-state index < -0.39 is 0 Å². The van der Waals surface area contributed by atoms with Crippen LogP contribution in [0, 0.1) is 0 Å². The fraction of sp³-hybridized carbons (Fsp3) is 0.0769. The maximum Gasteiger partial charge on any atom is 0.154 e. The molecule has 0 aliphatic carbocycles. The highest BCUT2D eigenvalue weighted by Crippen LogP contribution is 2.29. The Bertz CT molecular complexity index is 737. The van der Waals surface area contributed by atoms with E-state index in [-0.39, 0.29) is 6.54 Å². The van der Waals surface area contributed by atoms with Gasteiger partial charge in [0.05, 0.1) is 22.0 Å². The molecule has 0 fully saturated rings. The fourth-order valence-corrected chi connectivity index (χ4v) is 2.20. The molecule has 0 aliphatic heterocycles. The van der Waals surface area contributed by atoms with Gasteiger partial charge in [0.2, 0.25) is 0 Å². The highest BCUT2D eigenvalue weighted by atomic mass is 35.5. The molecular weight excluding hydrogens is 299 g/mol. The number of aromatic nitrogens is 3. The first-order valence-electron chi connectivity index (χ1n) is 5.84. The summed E-state index contributed by atoms with van der Waals surface area (Å²) in [5, 5.41) is 9.10.